The van der Waals surface area contributed by atoms with E-state index in [1.165, 1.54) is 11.2 Å². The lowest BCUT2D eigenvalue weighted by molar-refractivity contribution is -0.141. The number of carbonyl (C=O) groups is 2. The van der Waals surface area contributed by atoms with Gasteiger partial charge in [-0.3, -0.25) is 9.59 Å². The second kappa shape index (κ2) is 8.53. The molecule has 4 rings (SSSR count). The van der Waals surface area contributed by atoms with Crippen LogP contribution in [-0.4, -0.2) is 47.6 Å². The van der Waals surface area contributed by atoms with Crippen LogP contribution in [0.3, 0.4) is 0 Å². The van der Waals surface area contributed by atoms with Crippen LogP contribution in [0.25, 0.3) is 5.76 Å². The molecule has 30 heavy (non-hydrogen) atoms. The zero-order valence-electron chi connectivity index (χ0n) is 16.5. The number of nitrogens with zero attached hydrogens (tertiary/aromatic N) is 1. The highest BCUT2D eigenvalue weighted by Crippen LogP contribution is 2.41. The fourth-order valence-corrected chi connectivity index (χ4v) is 4.06. The molecule has 0 aliphatic carbocycles. The maximum Gasteiger partial charge on any atom is 0.295 e. The van der Waals surface area contributed by atoms with Crippen molar-refractivity contribution in [2.75, 3.05) is 19.8 Å². The van der Waals surface area contributed by atoms with E-state index < -0.39 is 17.7 Å². The molecule has 2 aliphatic rings. The van der Waals surface area contributed by atoms with E-state index in [4.69, 9.17) is 25.5 Å². The number of carbonyl (C=O) groups excluding carboxylic acids is 2. The molecule has 0 bridgehead atoms. The standard InChI is InChI=1S/C22H22ClNO6/c1-2-28-17-11-13(7-8-15(17)23)20(25)18-19(16-6-4-10-30-16)24(22(27)21(18)26)12-14-5-3-9-29-14/h4,6-8,10-11,14,19,25H,2-3,5,9,12H2,1H3/b20-18-. The van der Waals surface area contributed by atoms with Crippen molar-refractivity contribution < 1.29 is 28.6 Å². The monoisotopic (exact) mass is 431 g/mol. The Labute approximate surface area is 178 Å². The van der Waals surface area contributed by atoms with E-state index in [1.807, 2.05) is 6.92 Å². The van der Waals surface area contributed by atoms with Gasteiger partial charge in [0, 0.05) is 18.7 Å². The average Bonchev–Trinajstić information content (AvgIpc) is 3.48. The highest BCUT2D eigenvalue weighted by atomic mass is 35.5. The topological polar surface area (TPSA) is 89.2 Å². The molecule has 3 heterocycles. The molecule has 1 N–H and O–H groups in total. The number of halogens is 1. The Morgan fingerprint density at radius 3 is 2.83 bits per heavy atom. The summed E-state index contributed by atoms with van der Waals surface area (Å²) in [6, 6.07) is 7.22. The van der Waals surface area contributed by atoms with E-state index in [1.54, 1.807) is 30.3 Å². The van der Waals surface area contributed by atoms with Crippen molar-refractivity contribution in [2.45, 2.75) is 31.9 Å². The van der Waals surface area contributed by atoms with Crippen LogP contribution in [-0.2, 0) is 14.3 Å². The largest absolute Gasteiger partial charge is 0.507 e. The number of likely N-dealkylation sites (tertiary alicyclic amines) is 1. The van der Waals surface area contributed by atoms with Crippen molar-refractivity contribution in [2.24, 2.45) is 0 Å². The molecule has 2 aromatic rings. The first kappa shape index (κ1) is 20.5. The Kier molecular flexibility index (Phi) is 5.83. The van der Waals surface area contributed by atoms with Gasteiger partial charge in [0.1, 0.15) is 23.3 Å². The summed E-state index contributed by atoms with van der Waals surface area (Å²) in [4.78, 5) is 27.2. The number of aliphatic hydroxyl groups is 1. The van der Waals surface area contributed by atoms with Crippen molar-refractivity contribution in [3.63, 3.8) is 0 Å². The molecule has 0 spiro atoms. The van der Waals surface area contributed by atoms with Gasteiger partial charge < -0.3 is 23.9 Å². The first-order valence-electron chi connectivity index (χ1n) is 9.87. The van der Waals surface area contributed by atoms with Gasteiger partial charge >= 0.3 is 0 Å². The van der Waals surface area contributed by atoms with Gasteiger partial charge in [-0.25, -0.2) is 0 Å². The molecule has 0 saturated carbocycles. The fourth-order valence-electron chi connectivity index (χ4n) is 3.89. The summed E-state index contributed by atoms with van der Waals surface area (Å²) in [6.07, 6.45) is 3.03. The second-order valence-corrected chi connectivity index (χ2v) is 7.59. The minimum absolute atomic E-state index is 0.0299. The number of aliphatic hydroxyl groups excluding tert-OH is 1. The number of Topliss-reactive ketones (excluding diaryl/α,β-unsaturated/α-hetero) is 1. The Bertz CT molecular complexity index is 978. The number of amides is 1. The van der Waals surface area contributed by atoms with E-state index in [2.05, 4.69) is 0 Å². The number of ketones is 1. The van der Waals surface area contributed by atoms with Crippen LogP contribution >= 0.6 is 11.6 Å². The molecule has 1 aromatic carbocycles. The van der Waals surface area contributed by atoms with Gasteiger partial charge in [-0.1, -0.05) is 11.6 Å². The zero-order valence-corrected chi connectivity index (χ0v) is 17.2. The van der Waals surface area contributed by atoms with Gasteiger partial charge in [-0.05, 0) is 50.1 Å². The number of rotatable bonds is 6. The predicted molar refractivity (Wildman–Crippen MR) is 109 cm³/mol. The van der Waals surface area contributed by atoms with Gasteiger partial charge in [0.15, 0.2) is 0 Å². The Hall–Kier alpha value is -2.77. The van der Waals surface area contributed by atoms with E-state index in [-0.39, 0.29) is 24.0 Å². The van der Waals surface area contributed by atoms with Crippen LogP contribution in [0.15, 0.2) is 46.6 Å². The zero-order chi connectivity index (χ0) is 21.3. The second-order valence-electron chi connectivity index (χ2n) is 7.18. The summed E-state index contributed by atoms with van der Waals surface area (Å²) in [5.41, 5.74) is 0.298. The average molecular weight is 432 g/mol. The minimum Gasteiger partial charge on any atom is -0.507 e. The van der Waals surface area contributed by atoms with E-state index in [0.717, 1.165) is 12.8 Å². The van der Waals surface area contributed by atoms with Gasteiger partial charge in [0.25, 0.3) is 11.7 Å². The smallest absolute Gasteiger partial charge is 0.295 e. The molecule has 1 amide bonds. The van der Waals surface area contributed by atoms with Crippen molar-refractivity contribution in [3.05, 3.63) is 58.5 Å². The number of hydrogen-bond acceptors (Lipinski definition) is 6. The molecule has 2 atom stereocenters. The third-order valence-electron chi connectivity index (χ3n) is 5.28. The molecule has 8 heteroatoms. The van der Waals surface area contributed by atoms with Gasteiger partial charge in [-0.2, -0.15) is 0 Å². The lowest BCUT2D eigenvalue weighted by atomic mass is 9.99. The SMILES string of the molecule is CCOc1cc(/C(O)=C2/C(=O)C(=O)N(CC3CCCO3)C2c2ccco2)ccc1Cl. The van der Waals surface area contributed by atoms with E-state index in [9.17, 15) is 14.7 Å². The number of furan rings is 1. The summed E-state index contributed by atoms with van der Waals surface area (Å²) < 4.78 is 16.7. The summed E-state index contributed by atoms with van der Waals surface area (Å²) in [6.45, 7) is 3.08. The van der Waals surface area contributed by atoms with E-state index in [0.29, 0.717) is 35.3 Å². The summed E-state index contributed by atoms with van der Waals surface area (Å²) in [7, 11) is 0. The Balaban J connectivity index is 1.79. The lowest BCUT2D eigenvalue weighted by Crippen LogP contribution is -2.36. The van der Waals surface area contributed by atoms with Crippen molar-refractivity contribution in [1.82, 2.24) is 4.90 Å². The summed E-state index contributed by atoms with van der Waals surface area (Å²) >= 11 is 6.14. The van der Waals surface area contributed by atoms with Crippen LogP contribution < -0.4 is 4.74 Å². The van der Waals surface area contributed by atoms with Crippen LogP contribution in [0, 0.1) is 0 Å². The Morgan fingerprint density at radius 2 is 2.17 bits per heavy atom. The van der Waals surface area contributed by atoms with Crippen LogP contribution in [0.1, 0.15) is 37.1 Å². The van der Waals surface area contributed by atoms with Crippen LogP contribution in [0.5, 0.6) is 5.75 Å². The van der Waals surface area contributed by atoms with Gasteiger partial charge in [-0.15, -0.1) is 0 Å². The molecule has 2 saturated heterocycles. The highest BCUT2D eigenvalue weighted by molar-refractivity contribution is 6.46. The van der Waals surface area contributed by atoms with Crippen molar-refractivity contribution >= 4 is 29.1 Å². The third kappa shape index (κ3) is 3.70. The normalized spacial score (nSPS) is 23.3. The molecule has 2 unspecified atom stereocenters. The van der Waals surface area contributed by atoms with Crippen molar-refractivity contribution in [3.8, 4) is 5.75 Å². The molecule has 2 fully saturated rings. The maximum absolute atomic E-state index is 12.9. The highest BCUT2D eigenvalue weighted by Gasteiger charge is 2.48. The molecular formula is C22H22ClNO6. The number of ether oxygens (including phenoxy) is 2. The van der Waals surface area contributed by atoms with E-state index >= 15 is 0 Å². The van der Waals surface area contributed by atoms with Crippen LogP contribution in [0.2, 0.25) is 5.02 Å². The van der Waals surface area contributed by atoms with Crippen LogP contribution in [0.4, 0.5) is 0 Å². The number of hydrogen-bond donors (Lipinski definition) is 1. The fraction of sp³-hybridized carbons (Fsp3) is 0.364. The summed E-state index contributed by atoms with van der Waals surface area (Å²) in [5.74, 6) is -0.978. The molecule has 1 aromatic heterocycles. The van der Waals surface area contributed by atoms with Crippen molar-refractivity contribution in [1.29, 1.82) is 0 Å². The quantitative estimate of drug-likeness (QED) is 0.423. The lowest BCUT2D eigenvalue weighted by Gasteiger charge is -2.25. The molecule has 7 nitrogen and oxygen atoms in total. The van der Waals surface area contributed by atoms with Gasteiger partial charge in [0.2, 0.25) is 0 Å². The third-order valence-corrected chi connectivity index (χ3v) is 5.59. The maximum atomic E-state index is 12.9. The predicted octanol–water partition coefficient (Wildman–Crippen LogP) is 3.93. The Morgan fingerprint density at radius 1 is 1.33 bits per heavy atom. The van der Waals surface area contributed by atoms with Gasteiger partial charge in [0.05, 0.1) is 29.6 Å². The molecule has 0 radical (unpaired) electrons. The molecule has 158 valence electrons. The molecule has 2 aliphatic heterocycles. The first-order chi connectivity index (χ1) is 14.5. The minimum atomic E-state index is -0.838. The first-order valence-corrected chi connectivity index (χ1v) is 10.2. The number of benzene rings is 1. The summed E-state index contributed by atoms with van der Waals surface area (Å²) in [5, 5.41) is 11.4. The molecular weight excluding hydrogens is 410 g/mol.